The number of furan rings is 1. The third-order valence-corrected chi connectivity index (χ3v) is 5.27. The highest BCUT2D eigenvalue weighted by molar-refractivity contribution is 5.94. The molecular formula is C24H19F2N5O2. The van der Waals surface area contributed by atoms with Crippen molar-refractivity contribution in [3.63, 3.8) is 0 Å². The predicted molar refractivity (Wildman–Crippen MR) is 118 cm³/mol. The Bertz CT molecular complexity index is 1410. The fourth-order valence-corrected chi connectivity index (χ4v) is 3.76. The molecule has 3 heterocycles. The minimum Gasteiger partial charge on any atom is -0.463 e. The molecule has 166 valence electrons. The molecule has 0 aliphatic heterocycles. The molecule has 1 N–H and O–H groups in total. The lowest BCUT2D eigenvalue weighted by atomic mass is 10.2. The molecule has 0 fully saturated rings. The maximum absolute atomic E-state index is 13.8. The topological polar surface area (TPSA) is 77.9 Å². The summed E-state index contributed by atoms with van der Waals surface area (Å²) in [7, 11) is 0. The molecular weight excluding hydrogens is 428 g/mol. The van der Waals surface area contributed by atoms with Crippen molar-refractivity contribution in [1.82, 2.24) is 24.6 Å². The molecule has 0 radical (unpaired) electrons. The average molecular weight is 447 g/mol. The summed E-state index contributed by atoms with van der Waals surface area (Å²) in [5, 5.41) is 7.32. The van der Waals surface area contributed by atoms with Crippen LogP contribution in [0.4, 0.5) is 8.78 Å². The van der Waals surface area contributed by atoms with Crippen molar-refractivity contribution in [2.24, 2.45) is 0 Å². The first-order valence-electron chi connectivity index (χ1n) is 10.3. The maximum Gasteiger partial charge on any atom is 0.320 e. The van der Waals surface area contributed by atoms with E-state index < -0.39 is 18.5 Å². The van der Waals surface area contributed by atoms with Crippen molar-refractivity contribution in [3.8, 4) is 17.1 Å². The van der Waals surface area contributed by atoms with Crippen LogP contribution < -0.4 is 5.32 Å². The summed E-state index contributed by atoms with van der Waals surface area (Å²) in [5.74, 6) is 0.0902. The fourth-order valence-electron chi connectivity index (χ4n) is 3.76. The number of benzene rings is 2. The molecule has 5 aromatic rings. The Hall–Kier alpha value is -4.27. The summed E-state index contributed by atoms with van der Waals surface area (Å²) >= 11 is 0. The summed E-state index contributed by atoms with van der Waals surface area (Å²) in [4.78, 5) is 17.6. The van der Waals surface area contributed by atoms with E-state index in [4.69, 9.17) is 4.42 Å². The Morgan fingerprint density at radius 2 is 1.79 bits per heavy atom. The third kappa shape index (κ3) is 3.78. The lowest BCUT2D eigenvalue weighted by Gasteiger charge is -2.16. The molecule has 0 spiro atoms. The smallest absolute Gasteiger partial charge is 0.320 e. The van der Waals surface area contributed by atoms with E-state index in [9.17, 15) is 13.6 Å². The van der Waals surface area contributed by atoms with E-state index in [1.54, 1.807) is 49.4 Å². The average Bonchev–Trinajstić information content (AvgIpc) is 3.57. The van der Waals surface area contributed by atoms with Crippen LogP contribution in [0.3, 0.4) is 0 Å². The van der Waals surface area contributed by atoms with Gasteiger partial charge in [0.05, 0.1) is 29.0 Å². The van der Waals surface area contributed by atoms with E-state index in [-0.39, 0.29) is 11.5 Å². The second-order valence-electron chi connectivity index (χ2n) is 7.44. The molecule has 9 heteroatoms. The van der Waals surface area contributed by atoms with Gasteiger partial charge in [-0.2, -0.15) is 13.9 Å². The molecule has 1 amide bonds. The molecule has 7 nitrogen and oxygen atoms in total. The quantitative estimate of drug-likeness (QED) is 0.380. The number of rotatable bonds is 6. The van der Waals surface area contributed by atoms with E-state index in [1.807, 2.05) is 30.3 Å². The molecule has 0 saturated heterocycles. The highest BCUT2D eigenvalue weighted by Gasteiger charge is 2.25. The van der Waals surface area contributed by atoms with Crippen LogP contribution in [0.5, 0.6) is 0 Å². The number of nitrogens with one attached hydrogen (secondary N) is 1. The molecule has 0 aliphatic carbocycles. The number of amides is 1. The summed E-state index contributed by atoms with van der Waals surface area (Å²) in [6.45, 7) is -1.18. The summed E-state index contributed by atoms with van der Waals surface area (Å²) < 4.78 is 35.4. The second-order valence-corrected chi connectivity index (χ2v) is 7.44. The number of imidazole rings is 1. The Morgan fingerprint density at radius 3 is 2.52 bits per heavy atom. The van der Waals surface area contributed by atoms with Crippen molar-refractivity contribution in [3.05, 3.63) is 90.6 Å². The molecule has 2 aromatic carbocycles. The number of nitrogens with zero attached hydrogens (tertiary/aromatic N) is 4. The highest BCUT2D eigenvalue weighted by atomic mass is 19.3. The zero-order chi connectivity index (χ0) is 22.9. The van der Waals surface area contributed by atoms with Crippen molar-refractivity contribution in [2.75, 3.05) is 0 Å². The summed E-state index contributed by atoms with van der Waals surface area (Å²) in [6, 6.07) is 20.1. The van der Waals surface area contributed by atoms with Crippen LogP contribution in [0.15, 0.2) is 83.5 Å². The molecule has 1 atom stereocenters. The van der Waals surface area contributed by atoms with Gasteiger partial charge in [-0.15, -0.1) is 0 Å². The van der Waals surface area contributed by atoms with Gasteiger partial charge in [-0.3, -0.25) is 9.36 Å². The van der Waals surface area contributed by atoms with Gasteiger partial charge in [0.2, 0.25) is 0 Å². The lowest BCUT2D eigenvalue weighted by Crippen LogP contribution is -2.30. The van der Waals surface area contributed by atoms with Gasteiger partial charge in [0, 0.05) is 6.07 Å². The minimum absolute atomic E-state index is 0.0663. The van der Waals surface area contributed by atoms with Crippen LogP contribution in [0.2, 0.25) is 0 Å². The molecule has 1 unspecified atom stereocenters. The number of fused-ring (bicyclic) bond motifs is 1. The summed E-state index contributed by atoms with van der Waals surface area (Å²) in [6.07, 6.45) is 1.52. The first kappa shape index (κ1) is 20.6. The molecule has 5 rings (SSSR count). The maximum atomic E-state index is 13.8. The number of alkyl halides is 2. The molecule has 0 saturated carbocycles. The fraction of sp³-hybridized carbons (Fsp3) is 0.125. The molecule has 3 aromatic heterocycles. The zero-order valence-corrected chi connectivity index (χ0v) is 17.5. The largest absolute Gasteiger partial charge is 0.463 e. The van der Waals surface area contributed by atoms with Crippen LogP contribution in [0.1, 0.15) is 35.8 Å². The van der Waals surface area contributed by atoms with E-state index in [0.29, 0.717) is 28.2 Å². The van der Waals surface area contributed by atoms with Gasteiger partial charge in [-0.05, 0) is 43.3 Å². The van der Waals surface area contributed by atoms with Crippen molar-refractivity contribution >= 4 is 16.9 Å². The number of carbonyl (C=O) groups excluding carboxylic acids is 1. The standard InChI is InChI=1S/C24H19F2N5O2/c1-15(22-28-17-10-5-6-11-19(17)30(22)24(25)26)27-23(32)20-14-18(21-12-7-13-33-21)29-31(20)16-8-3-2-4-9-16/h2-15,24H,1H3,(H,27,32). The lowest BCUT2D eigenvalue weighted by molar-refractivity contribution is 0.0687. The summed E-state index contributed by atoms with van der Waals surface area (Å²) in [5.41, 5.74) is 2.12. The Kier molecular flexibility index (Phi) is 5.21. The van der Waals surface area contributed by atoms with E-state index >= 15 is 0 Å². The first-order chi connectivity index (χ1) is 16.0. The van der Waals surface area contributed by atoms with Crippen LogP contribution in [-0.4, -0.2) is 25.2 Å². The molecule has 0 bridgehead atoms. The number of para-hydroxylation sites is 3. The second kappa shape index (κ2) is 8.34. The van der Waals surface area contributed by atoms with Gasteiger partial charge in [-0.25, -0.2) is 9.67 Å². The highest BCUT2D eigenvalue weighted by Crippen LogP contribution is 2.27. The van der Waals surface area contributed by atoms with Crippen LogP contribution in [-0.2, 0) is 0 Å². The van der Waals surface area contributed by atoms with Gasteiger partial charge >= 0.3 is 6.55 Å². The Balaban J connectivity index is 1.52. The normalized spacial score (nSPS) is 12.4. The Morgan fingerprint density at radius 1 is 1.03 bits per heavy atom. The SMILES string of the molecule is CC(NC(=O)c1cc(-c2ccco2)nn1-c1ccccc1)c1nc2ccccc2n1C(F)F. The van der Waals surface area contributed by atoms with Crippen LogP contribution in [0, 0.1) is 0 Å². The molecule has 33 heavy (non-hydrogen) atoms. The number of hydrogen-bond donors (Lipinski definition) is 1. The number of carbonyl (C=O) groups is 1. The van der Waals surface area contributed by atoms with Gasteiger partial charge in [-0.1, -0.05) is 30.3 Å². The monoisotopic (exact) mass is 447 g/mol. The van der Waals surface area contributed by atoms with Gasteiger partial charge in [0.25, 0.3) is 5.91 Å². The van der Waals surface area contributed by atoms with Crippen molar-refractivity contribution < 1.29 is 18.0 Å². The molecule has 0 aliphatic rings. The van der Waals surface area contributed by atoms with Crippen molar-refractivity contribution in [2.45, 2.75) is 19.5 Å². The first-order valence-corrected chi connectivity index (χ1v) is 10.3. The van der Waals surface area contributed by atoms with E-state index in [0.717, 1.165) is 4.57 Å². The van der Waals surface area contributed by atoms with E-state index in [1.165, 1.54) is 10.9 Å². The predicted octanol–water partition coefficient (Wildman–Crippen LogP) is 5.37. The minimum atomic E-state index is -2.80. The van der Waals surface area contributed by atoms with E-state index in [2.05, 4.69) is 15.4 Å². The number of halogens is 2. The number of aromatic nitrogens is 4. The van der Waals surface area contributed by atoms with Gasteiger partial charge < -0.3 is 9.73 Å². The number of hydrogen-bond acceptors (Lipinski definition) is 4. The third-order valence-electron chi connectivity index (χ3n) is 5.27. The van der Waals surface area contributed by atoms with Gasteiger partial charge in [0.1, 0.15) is 17.2 Å². The van der Waals surface area contributed by atoms with Gasteiger partial charge in [0.15, 0.2) is 5.76 Å². The Labute approximate surface area is 187 Å². The van der Waals surface area contributed by atoms with Crippen molar-refractivity contribution in [1.29, 1.82) is 0 Å². The zero-order valence-electron chi connectivity index (χ0n) is 17.5. The van der Waals surface area contributed by atoms with Crippen LogP contribution in [0.25, 0.3) is 28.2 Å². The van der Waals surface area contributed by atoms with Crippen LogP contribution >= 0.6 is 0 Å².